The molecule has 11 heteroatoms. The van der Waals surface area contributed by atoms with E-state index in [1.54, 1.807) is 6.92 Å². The number of halogens is 3. The van der Waals surface area contributed by atoms with Gasteiger partial charge in [-0.3, -0.25) is 5.10 Å². The van der Waals surface area contributed by atoms with Crippen molar-refractivity contribution in [2.24, 2.45) is 5.92 Å². The first-order chi connectivity index (χ1) is 12.2. The Morgan fingerprint density at radius 2 is 2.04 bits per heavy atom. The van der Waals surface area contributed by atoms with Crippen molar-refractivity contribution in [2.75, 3.05) is 19.8 Å². The van der Waals surface area contributed by atoms with E-state index in [4.69, 9.17) is 4.74 Å². The summed E-state index contributed by atoms with van der Waals surface area (Å²) in [5.41, 5.74) is -0.906. The van der Waals surface area contributed by atoms with Crippen molar-refractivity contribution >= 4 is 21.4 Å². The van der Waals surface area contributed by atoms with Gasteiger partial charge in [0.1, 0.15) is 11.4 Å². The lowest BCUT2D eigenvalue weighted by Crippen LogP contribution is -2.32. The van der Waals surface area contributed by atoms with Crippen molar-refractivity contribution < 1.29 is 26.3 Å². The molecule has 0 bridgehead atoms. The molecule has 0 amide bonds. The summed E-state index contributed by atoms with van der Waals surface area (Å²) in [6.07, 6.45) is -2.94. The van der Waals surface area contributed by atoms with Crippen LogP contribution in [0.5, 0.6) is 0 Å². The van der Waals surface area contributed by atoms with Crippen molar-refractivity contribution in [3.8, 4) is 10.6 Å². The molecule has 0 aliphatic carbocycles. The predicted molar refractivity (Wildman–Crippen MR) is 90.4 cm³/mol. The number of sulfonamides is 1. The molecule has 144 valence electrons. The Kier molecular flexibility index (Phi) is 5.42. The molecule has 0 unspecified atom stereocenters. The first kappa shape index (κ1) is 19.3. The van der Waals surface area contributed by atoms with Gasteiger partial charge < -0.3 is 4.74 Å². The summed E-state index contributed by atoms with van der Waals surface area (Å²) in [5, 5.41) is 5.58. The molecule has 0 aromatic carbocycles. The molecular weight excluding hydrogens is 391 g/mol. The molecule has 3 rings (SSSR count). The molecule has 2 aromatic rings. The van der Waals surface area contributed by atoms with E-state index in [2.05, 4.69) is 9.82 Å². The second-order valence-corrected chi connectivity index (χ2v) is 9.10. The van der Waals surface area contributed by atoms with Gasteiger partial charge in [-0.25, -0.2) is 13.1 Å². The molecule has 2 N–H and O–H groups in total. The normalized spacial score (nSPS) is 16.9. The molecule has 1 aliphatic heterocycles. The fourth-order valence-electron chi connectivity index (χ4n) is 2.71. The van der Waals surface area contributed by atoms with E-state index in [-0.39, 0.29) is 16.5 Å². The number of H-pyrrole nitrogens is 1. The van der Waals surface area contributed by atoms with Gasteiger partial charge in [-0.05, 0) is 37.8 Å². The number of hydrogen-bond donors (Lipinski definition) is 2. The van der Waals surface area contributed by atoms with E-state index >= 15 is 0 Å². The Hall–Kier alpha value is -1.43. The molecule has 0 atom stereocenters. The molecule has 0 saturated carbocycles. The van der Waals surface area contributed by atoms with E-state index in [0.29, 0.717) is 29.5 Å². The molecular formula is C15H18F3N3O3S2. The average Bonchev–Trinajstić information content (AvgIpc) is 3.20. The molecule has 1 saturated heterocycles. The standard InChI is InChI=1S/C15H18F3N3O3S2/c1-9-13(26(22,23)19-8-10-2-4-24-5-3-10)7-12(25-9)11-6-14(21-20-11)15(16,17)18/h6-7,10,19H,2-5,8H2,1H3,(H,20,21). The van der Waals surface area contributed by atoms with Gasteiger partial charge in [0.25, 0.3) is 0 Å². The highest BCUT2D eigenvalue weighted by molar-refractivity contribution is 7.89. The fourth-order valence-corrected chi connectivity index (χ4v) is 5.37. The average molecular weight is 409 g/mol. The lowest BCUT2D eigenvalue weighted by atomic mass is 10.0. The minimum Gasteiger partial charge on any atom is -0.381 e. The van der Waals surface area contributed by atoms with Crippen molar-refractivity contribution in [2.45, 2.75) is 30.8 Å². The Balaban J connectivity index is 1.77. The number of aryl methyl sites for hydroxylation is 1. The van der Waals surface area contributed by atoms with Crippen molar-refractivity contribution in [1.82, 2.24) is 14.9 Å². The van der Waals surface area contributed by atoms with Crippen molar-refractivity contribution in [3.05, 3.63) is 22.7 Å². The highest BCUT2D eigenvalue weighted by Crippen LogP contribution is 2.35. The van der Waals surface area contributed by atoms with Crippen LogP contribution in [0.1, 0.15) is 23.4 Å². The third kappa shape index (κ3) is 4.27. The third-order valence-electron chi connectivity index (χ3n) is 4.20. The molecule has 3 heterocycles. The van der Waals surface area contributed by atoms with E-state index in [1.165, 1.54) is 6.07 Å². The van der Waals surface area contributed by atoms with E-state index < -0.39 is 21.9 Å². The van der Waals surface area contributed by atoms with Gasteiger partial charge in [0.15, 0.2) is 0 Å². The summed E-state index contributed by atoms with van der Waals surface area (Å²) >= 11 is 1.09. The van der Waals surface area contributed by atoms with Crippen LogP contribution in [0.2, 0.25) is 0 Å². The molecule has 0 spiro atoms. The fraction of sp³-hybridized carbons (Fsp3) is 0.533. The maximum atomic E-state index is 12.7. The minimum absolute atomic E-state index is 0.0660. The number of aromatic nitrogens is 2. The summed E-state index contributed by atoms with van der Waals surface area (Å²) < 4.78 is 71.0. The summed E-state index contributed by atoms with van der Waals surface area (Å²) in [5.74, 6) is 0.220. The minimum atomic E-state index is -4.53. The quantitative estimate of drug-likeness (QED) is 0.795. The molecule has 2 aromatic heterocycles. The second-order valence-electron chi connectivity index (χ2n) is 6.10. The molecule has 6 nitrogen and oxygen atoms in total. The maximum absolute atomic E-state index is 12.7. The van der Waals surface area contributed by atoms with E-state index in [9.17, 15) is 21.6 Å². The topological polar surface area (TPSA) is 84.1 Å². The van der Waals surface area contributed by atoms with Crippen LogP contribution in [0.25, 0.3) is 10.6 Å². The molecule has 1 aliphatic rings. The summed E-state index contributed by atoms with van der Waals surface area (Å²) in [6, 6.07) is 2.24. The first-order valence-electron chi connectivity index (χ1n) is 7.97. The molecule has 1 fully saturated rings. The number of rotatable bonds is 5. The zero-order valence-electron chi connectivity index (χ0n) is 13.9. The van der Waals surface area contributed by atoms with Gasteiger partial charge in [-0.1, -0.05) is 0 Å². The smallest absolute Gasteiger partial charge is 0.381 e. The van der Waals surface area contributed by atoms with Crippen molar-refractivity contribution in [3.63, 3.8) is 0 Å². The number of alkyl halides is 3. The number of aromatic amines is 1. The van der Waals surface area contributed by atoms with Crippen LogP contribution in [0.3, 0.4) is 0 Å². The number of ether oxygens (including phenoxy) is 1. The largest absolute Gasteiger partial charge is 0.432 e. The van der Waals surface area contributed by atoms with Crippen molar-refractivity contribution in [1.29, 1.82) is 0 Å². The zero-order valence-corrected chi connectivity index (χ0v) is 15.5. The Morgan fingerprint density at radius 1 is 1.35 bits per heavy atom. The summed E-state index contributed by atoms with van der Waals surface area (Å²) in [4.78, 5) is 0.929. The highest BCUT2D eigenvalue weighted by Gasteiger charge is 2.33. The van der Waals surface area contributed by atoms with Gasteiger partial charge in [-0.15, -0.1) is 11.3 Å². The zero-order chi connectivity index (χ0) is 18.9. The van der Waals surface area contributed by atoms with Crippen LogP contribution in [-0.4, -0.2) is 38.4 Å². The summed E-state index contributed by atoms with van der Waals surface area (Å²) in [6.45, 7) is 3.18. The Morgan fingerprint density at radius 3 is 2.65 bits per heavy atom. The highest BCUT2D eigenvalue weighted by atomic mass is 32.2. The van der Waals surface area contributed by atoms with Crippen LogP contribution in [0.15, 0.2) is 17.0 Å². The SMILES string of the molecule is Cc1sc(-c2cc(C(F)(F)F)[nH]n2)cc1S(=O)(=O)NCC1CCOCC1. The van der Waals surface area contributed by atoms with Crippen LogP contribution < -0.4 is 4.72 Å². The van der Waals surface area contributed by atoms with Crippen LogP contribution >= 0.6 is 11.3 Å². The second kappa shape index (κ2) is 7.29. The third-order valence-corrected chi connectivity index (χ3v) is 6.95. The van der Waals surface area contributed by atoms with Gasteiger partial charge in [-0.2, -0.15) is 18.3 Å². The van der Waals surface area contributed by atoms with Crippen LogP contribution in [0.4, 0.5) is 13.2 Å². The summed E-state index contributed by atoms with van der Waals surface area (Å²) in [7, 11) is -3.74. The van der Waals surface area contributed by atoms with Gasteiger partial charge in [0.05, 0.1) is 9.77 Å². The number of nitrogens with zero attached hydrogens (tertiary/aromatic N) is 1. The maximum Gasteiger partial charge on any atom is 0.432 e. The van der Waals surface area contributed by atoms with Gasteiger partial charge >= 0.3 is 6.18 Å². The number of hydrogen-bond acceptors (Lipinski definition) is 5. The molecule has 26 heavy (non-hydrogen) atoms. The number of thiophene rings is 1. The van der Waals surface area contributed by atoms with E-state index in [1.807, 2.05) is 5.10 Å². The van der Waals surface area contributed by atoms with E-state index in [0.717, 1.165) is 30.2 Å². The molecule has 0 radical (unpaired) electrons. The van der Waals surface area contributed by atoms with Crippen LogP contribution in [0, 0.1) is 12.8 Å². The lowest BCUT2D eigenvalue weighted by Gasteiger charge is -2.22. The first-order valence-corrected chi connectivity index (χ1v) is 10.3. The predicted octanol–water partition coefficient (Wildman–Crippen LogP) is 3.17. The lowest BCUT2D eigenvalue weighted by molar-refractivity contribution is -0.141. The van der Waals surface area contributed by atoms with Crippen LogP contribution in [-0.2, 0) is 20.9 Å². The monoisotopic (exact) mass is 409 g/mol. The Labute approximate surface area is 152 Å². The van der Waals surface area contributed by atoms with Gasteiger partial charge in [0, 0.05) is 24.6 Å². The number of nitrogens with one attached hydrogen (secondary N) is 2. The Bertz CT molecular complexity index is 868. The van der Waals surface area contributed by atoms with Gasteiger partial charge in [0.2, 0.25) is 10.0 Å².